The Bertz CT molecular complexity index is 1440. The number of esters is 1. The molecule has 0 unspecified atom stereocenters. The number of ether oxygens (including phenoxy) is 3. The van der Waals surface area contributed by atoms with Crippen molar-refractivity contribution in [2.45, 2.75) is 33.1 Å². The second kappa shape index (κ2) is 8.66. The highest BCUT2D eigenvalue weighted by Gasteiger charge is 2.23. The number of methoxy groups -OCH3 is 2. The number of aromatic nitrogens is 2. The van der Waals surface area contributed by atoms with Crippen molar-refractivity contribution in [3.05, 3.63) is 52.4 Å². The number of nitrogens with zero attached hydrogens (tertiary/aromatic N) is 2. The van der Waals surface area contributed by atoms with E-state index in [-0.39, 0.29) is 34.0 Å². The molecule has 0 saturated carbocycles. The molecule has 0 atom stereocenters. The Morgan fingerprint density at radius 3 is 2.38 bits per heavy atom. The van der Waals surface area contributed by atoms with Crippen LogP contribution in [0.4, 0.5) is 0 Å². The highest BCUT2D eigenvalue weighted by molar-refractivity contribution is 5.88. The molecule has 0 N–H and O–H groups in total. The van der Waals surface area contributed by atoms with Gasteiger partial charge in [-0.25, -0.2) is 4.79 Å². The van der Waals surface area contributed by atoms with Gasteiger partial charge in [0, 0.05) is 18.4 Å². The summed E-state index contributed by atoms with van der Waals surface area (Å²) in [4.78, 5) is 28.8. The molecule has 0 aliphatic heterocycles. The van der Waals surface area contributed by atoms with Crippen LogP contribution < -0.4 is 19.8 Å². The van der Waals surface area contributed by atoms with Gasteiger partial charge in [-0.1, -0.05) is 25.9 Å². The number of carbonyl (C=O) groups excluding carboxylic acids is 1. The topological polar surface area (TPSA) is 114 Å². The zero-order valence-corrected chi connectivity index (χ0v) is 19.7. The third kappa shape index (κ3) is 4.36. The Labute approximate surface area is 195 Å². The number of carbonyl (C=O) groups is 1. The van der Waals surface area contributed by atoms with E-state index in [4.69, 9.17) is 23.2 Å². The van der Waals surface area contributed by atoms with Gasteiger partial charge < -0.3 is 23.2 Å². The molecule has 0 aliphatic carbocycles. The van der Waals surface area contributed by atoms with Crippen LogP contribution in [0.2, 0.25) is 0 Å². The molecular formula is C25H24N2O7. The van der Waals surface area contributed by atoms with Crippen molar-refractivity contribution in [2.24, 2.45) is 0 Å². The minimum atomic E-state index is -0.707. The Morgan fingerprint density at radius 2 is 1.74 bits per heavy atom. The minimum Gasteiger partial charge on any atom is -0.497 e. The average Bonchev–Trinajstić information content (AvgIpc) is 3.27. The maximum atomic E-state index is 12.8. The molecule has 2 heterocycles. The lowest BCUT2D eigenvalue weighted by molar-refractivity contribution is -0.131. The van der Waals surface area contributed by atoms with Crippen LogP contribution in [0.25, 0.3) is 33.8 Å². The van der Waals surface area contributed by atoms with Crippen molar-refractivity contribution in [1.29, 1.82) is 0 Å². The average molecular weight is 464 g/mol. The summed E-state index contributed by atoms with van der Waals surface area (Å²) in [6.45, 7) is 7.37. The lowest BCUT2D eigenvalue weighted by Crippen LogP contribution is -2.13. The lowest BCUT2D eigenvalue weighted by atomic mass is 9.86. The van der Waals surface area contributed by atoms with Crippen molar-refractivity contribution < 1.29 is 27.9 Å². The molecule has 176 valence electrons. The van der Waals surface area contributed by atoms with Crippen LogP contribution in [-0.2, 0) is 10.2 Å². The van der Waals surface area contributed by atoms with Gasteiger partial charge in [-0.05, 0) is 41.3 Å². The van der Waals surface area contributed by atoms with Crippen molar-refractivity contribution >= 4 is 16.9 Å². The summed E-state index contributed by atoms with van der Waals surface area (Å²) in [5.74, 6) is 0.967. The molecule has 0 saturated heterocycles. The molecule has 0 radical (unpaired) electrons. The number of hydrogen-bond acceptors (Lipinski definition) is 9. The van der Waals surface area contributed by atoms with Crippen LogP contribution in [0.3, 0.4) is 0 Å². The van der Waals surface area contributed by atoms with Gasteiger partial charge in [0.15, 0.2) is 11.3 Å². The Balaban J connectivity index is 1.85. The molecule has 0 spiro atoms. The van der Waals surface area contributed by atoms with Gasteiger partial charge >= 0.3 is 11.6 Å². The summed E-state index contributed by atoms with van der Waals surface area (Å²) < 4.78 is 26.9. The van der Waals surface area contributed by atoms with Gasteiger partial charge in [-0.3, -0.25) is 4.79 Å². The van der Waals surface area contributed by atoms with E-state index in [0.717, 1.165) is 5.56 Å². The first-order valence-electron chi connectivity index (χ1n) is 10.5. The standard InChI is InChI=1S/C25H24N2O7/c1-13(28)32-20-11-15(25(2,3)4)9-14-10-18(24(29)33-21(14)20)23-26-22(27-34-23)17-8-7-16(30-5)12-19(17)31-6/h7-12H,1-6H3. The molecular weight excluding hydrogens is 440 g/mol. The van der Waals surface area contributed by atoms with Gasteiger partial charge in [0.05, 0.1) is 19.8 Å². The quantitative estimate of drug-likeness (QED) is 0.234. The maximum Gasteiger partial charge on any atom is 0.349 e. The second-order valence-electron chi connectivity index (χ2n) is 8.67. The van der Waals surface area contributed by atoms with E-state index >= 15 is 0 Å². The first kappa shape index (κ1) is 23.0. The molecule has 4 aromatic rings. The van der Waals surface area contributed by atoms with Crippen LogP contribution in [0.15, 0.2) is 50.1 Å². The highest BCUT2D eigenvalue weighted by Crippen LogP contribution is 2.35. The molecule has 0 aliphatic rings. The van der Waals surface area contributed by atoms with Gasteiger partial charge in [0.25, 0.3) is 5.89 Å². The molecule has 2 aromatic heterocycles. The molecule has 34 heavy (non-hydrogen) atoms. The minimum absolute atomic E-state index is 0.0151. The summed E-state index contributed by atoms with van der Waals surface area (Å²) in [5.41, 5.74) is 0.747. The first-order chi connectivity index (χ1) is 16.1. The van der Waals surface area contributed by atoms with Crippen molar-refractivity contribution in [3.63, 3.8) is 0 Å². The highest BCUT2D eigenvalue weighted by atomic mass is 16.5. The van der Waals surface area contributed by atoms with Crippen molar-refractivity contribution in [2.75, 3.05) is 14.2 Å². The van der Waals surface area contributed by atoms with E-state index in [1.54, 1.807) is 37.4 Å². The van der Waals surface area contributed by atoms with Crippen LogP contribution in [0, 0.1) is 0 Å². The van der Waals surface area contributed by atoms with Gasteiger partial charge in [0.1, 0.15) is 17.1 Å². The Hall–Kier alpha value is -4.14. The summed E-state index contributed by atoms with van der Waals surface area (Å²) in [6, 6.07) is 10.3. The van der Waals surface area contributed by atoms with Crippen LogP contribution in [-0.4, -0.2) is 30.3 Å². The molecule has 9 nitrogen and oxygen atoms in total. The summed E-state index contributed by atoms with van der Waals surface area (Å²) in [6.07, 6.45) is 0. The molecule has 0 fully saturated rings. The third-order valence-electron chi connectivity index (χ3n) is 5.22. The van der Waals surface area contributed by atoms with Crippen LogP contribution in [0.5, 0.6) is 17.2 Å². The second-order valence-corrected chi connectivity index (χ2v) is 8.67. The zero-order chi connectivity index (χ0) is 24.6. The van der Waals surface area contributed by atoms with E-state index in [0.29, 0.717) is 22.4 Å². The van der Waals surface area contributed by atoms with Gasteiger partial charge in [0.2, 0.25) is 5.82 Å². The van der Waals surface area contributed by atoms with E-state index in [2.05, 4.69) is 10.1 Å². The maximum absolute atomic E-state index is 12.8. The van der Waals surface area contributed by atoms with E-state index in [9.17, 15) is 9.59 Å². The summed E-state index contributed by atoms with van der Waals surface area (Å²) in [7, 11) is 3.07. The van der Waals surface area contributed by atoms with E-state index in [1.165, 1.54) is 14.0 Å². The molecule has 9 heteroatoms. The molecule has 4 rings (SSSR count). The number of rotatable bonds is 5. The summed E-state index contributed by atoms with van der Waals surface area (Å²) >= 11 is 0. The summed E-state index contributed by atoms with van der Waals surface area (Å²) in [5, 5.41) is 4.56. The Kier molecular flexibility index (Phi) is 5.87. The number of hydrogen-bond donors (Lipinski definition) is 0. The predicted molar refractivity (Wildman–Crippen MR) is 124 cm³/mol. The molecule has 2 aromatic carbocycles. The zero-order valence-electron chi connectivity index (χ0n) is 19.7. The van der Waals surface area contributed by atoms with Crippen LogP contribution in [0.1, 0.15) is 33.3 Å². The number of fused-ring (bicyclic) bond motifs is 1. The fourth-order valence-corrected chi connectivity index (χ4v) is 3.44. The van der Waals surface area contributed by atoms with Crippen LogP contribution >= 0.6 is 0 Å². The first-order valence-corrected chi connectivity index (χ1v) is 10.5. The van der Waals surface area contributed by atoms with Gasteiger partial charge in [-0.15, -0.1) is 0 Å². The third-order valence-corrected chi connectivity index (χ3v) is 5.22. The molecule has 0 bridgehead atoms. The monoisotopic (exact) mass is 464 g/mol. The molecule has 0 amide bonds. The number of benzene rings is 2. The van der Waals surface area contributed by atoms with E-state index in [1.807, 2.05) is 26.8 Å². The predicted octanol–water partition coefficient (Wildman–Crippen LogP) is 4.75. The fraction of sp³-hybridized carbons (Fsp3) is 0.280. The smallest absolute Gasteiger partial charge is 0.349 e. The fourth-order valence-electron chi connectivity index (χ4n) is 3.44. The SMILES string of the molecule is COc1ccc(-c2noc(-c3cc4cc(C(C)(C)C)cc(OC(C)=O)c4oc3=O)n2)c(OC)c1. The largest absolute Gasteiger partial charge is 0.497 e. The van der Waals surface area contributed by atoms with Gasteiger partial charge in [-0.2, -0.15) is 4.98 Å². The Morgan fingerprint density at radius 1 is 0.971 bits per heavy atom. The normalized spacial score (nSPS) is 11.5. The lowest BCUT2D eigenvalue weighted by Gasteiger charge is -2.20. The van der Waals surface area contributed by atoms with Crippen molar-refractivity contribution in [1.82, 2.24) is 10.1 Å². The van der Waals surface area contributed by atoms with E-state index < -0.39 is 11.6 Å². The van der Waals surface area contributed by atoms with Crippen molar-refractivity contribution in [3.8, 4) is 40.1 Å².